The molecule has 0 aliphatic rings. The number of ether oxygens (including phenoxy) is 3. The predicted octanol–water partition coefficient (Wildman–Crippen LogP) is 4.25. The van der Waals surface area contributed by atoms with Crippen LogP contribution in [0.1, 0.15) is 0 Å². The first-order chi connectivity index (χ1) is 13.2. The number of hydrogen-bond acceptors (Lipinski definition) is 6. The van der Waals surface area contributed by atoms with Crippen molar-refractivity contribution in [3.05, 3.63) is 59.6 Å². The second kappa shape index (κ2) is 7.13. The third kappa shape index (κ3) is 3.13. The van der Waals surface area contributed by atoms with Crippen molar-refractivity contribution >= 4 is 17.2 Å². The quantitative estimate of drug-likeness (QED) is 0.513. The molecule has 0 aliphatic heterocycles. The van der Waals surface area contributed by atoms with E-state index in [0.717, 1.165) is 5.56 Å². The van der Waals surface area contributed by atoms with Crippen LogP contribution in [0, 0.1) is 0 Å². The van der Waals surface area contributed by atoms with E-state index in [1.165, 1.54) is 0 Å². The van der Waals surface area contributed by atoms with Gasteiger partial charge >= 0.3 is 0 Å². The van der Waals surface area contributed by atoms with Gasteiger partial charge in [0.15, 0.2) is 23.0 Å². The Morgan fingerprint density at radius 2 is 1.59 bits per heavy atom. The van der Waals surface area contributed by atoms with Gasteiger partial charge < -0.3 is 14.2 Å². The maximum Gasteiger partial charge on any atom is 0.237 e. The lowest BCUT2D eigenvalue weighted by Crippen LogP contribution is -2.00. The van der Waals surface area contributed by atoms with Gasteiger partial charge in [0.05, 0.1) is 19.2 Å². The fourth-order valence-electron chi connectivity index (χ4n) is 2.66. The summed E-state index contributed by atoms with van der Waals surface area (Å²) in [4.78, 5) is 0. The van der Waals surface area contributed by atoms with E-state index in [-0.39, 0.29) is 0 Å². The van der Waals surface area contributed by atoms with E-state index in [1.54, 1.807) is 49.1 Å². The Hall–Kier alpha value is -3.32. The first-order valence-corrected chi connectivity index (χ1v) is 8.45. The zero-order chi connectivity index (χ0) is 18.8. The zero-order valence-corrected chi connectivity index (χ0v) is 15.3. The van der Waals surface area contributed by atoms with Crippen molar-refractivity contribution in [3.63, 3.8) is 0 Å². The second-order valence-corrected chi connectivity index (χ2v) is 5.95. The van der Waals surface area contributed by atoms with Gasteiger partial charge in [-0.05, 0) is 30.3 Å². The number of halogens is 1. The molecule has 0 radical (unpaired) electrons. The number of aromatic nitrogens is 4. The molecule has 27 heavy (non-hydrogen) atoms. The summed E-state index contributed by atoms with van der Waals surface area (Å²) in [5.41, 5.74) is 1.30. The van der Waals surface area contributed by atoms with Gasteiger partial charge in [0, 0.05) is 11.6 Å². The minimum Gasteiger partial charge on any atom is -0.493 e. The van der Waals surface area contributed by atoms with Crippen LogP contribution in [0.2, 0.25) is 5.02 Å². The van der Waals surface area contributed by atoms with E-state index in [9.17, 15) is 0 Å². The van der Waals surface area contributed by atoms with E-state index in [2.05, 4.69) is 15.3 Å². The molecule has 0 saturated heterocycles. The Bertz CT molecular complexity index is 1090. The Morgan fingerprint density at radius 1 is 0.852 bits per heavy atom. The lowest BCUT2D eigenvalue weighted by atomic mass is 10.2. The molecule has 4 rings (SSSR count). The molecule has 0 saturated carbocycles. The molecule has 0 N–H and O–H groups in total. The normalized spacial score (nSPS) is 10.8. The lowest BCUT2D eigenvalue weighted by Gasteiger charge is -2.13. The van der Waals surface area contributed by atoms with E-state index in [1.807, 2.05) is 24.3 Å². The molecule has 2 aromatic heterocycles. The Balaban J connectivity index is 1.79. The average molecular weight is 383 g/mol. The minimum absolute atomic E-state index is 0.332. The maximum absolute atomic E-state index is 6.29. The van der Waals surface area contributed by atoms with E-state index >= 15 is 0 Å². The van der Waals surface area contributed by atoms with Gasteiger partial charge in [0.2, 0.25) is 11.6 Å². The molecule has 136 valence electrons. The number of hydrogen-bond donors (Lipinski definition) is 0. The SMILES string of the molecule is COc1cccc(OC)c1Oc1ccc2nnc(-c3ccccc3Cl)n2n1. The Kier molecular flexibility index (Phi) is 4.52. The summed E-state index contributed by atoms with van der Waals surface area (Å²) in [5, 5.41) is 13.4. The summed E-state index contributed by atoms with van der Waals surface area (Å²) in [7, 11) is 3.13. The van der Waals surface area contributed by atoms with Crippen molar-refractivity contribution in [1.82, 2.24) is 19.8 Å². The maximum atomic E-state index is 6.29. The smallest absolute Gasteiger partial charge is 0.237 e. The monoisotopic (exact) mass is 382 g/mol. The van der Waals surface area contributed by atoms with Crippen molar-refractivity contribution < 1.29 is 14.2 Å². The van der Waals surface area contributed by atoms with Crippen LogP contribution in [0.25, 0.3) is 17.0 Å². The van der Waals surface area contributed by atoms with Gasteiger partial charge in [-0.1, -0.05) is 29.8 Å². The molecular weight excluding hydrogens is 368 g/mol. The third-order valence-electron chi connectivity index (χ3n) is 3.94. The Labute approximate surface area is 160 Å². The van der Waals surface area contributed by atoms with Gasteiger partial charge in [-0.3, -0.25) is 0 Å². The number of methoxy groups -OCH3 is 2. The molecule has 0 spiro atoms. The fourth-order valence-corrected chi connectivity index (χ4v) is 2.88. The van der Waals surface area contributed by atoms with E-state index in [4.69, 9.17) is 25.8 Å². The molecule has 0 atom stereocenters. The summed E-state index contributed by atoms with van der Waals surface area (Å²) in [6.45, 7) is 0. The van der Waals surface area contributed by atoms with Crippen molar-refractivity contribution in [2.45, 2.75) is 0 Å². The third-order valence-corrected chi connectivity index (χ3v) is 4.27. The molecule has 2 aromatic carbocycles. The van der Waals surface area contributed by atoms with Crippen LogP contribution in [0.4, 0.5) is 0 Å². The van der Waals surface area contributed by atoms with Crippen LogP contribution in [0.5, 0.6) is 23.1 Å². The second-order valence-electron chi connectivity index (χ2n) is 5.54. The molecule has 0 aliphatic carbocycles. The molecule has 8 heteroatoms. The molecule has 4 aromatic rings. The highest BCUT2D eigenvalue weighted by Gasteiger charge is 2.16. The highest BCUT2D eigenvalue weighted by Crippen LogP contribution is 2.39. The molecule has 0 bridgehead atoms. The summed E-state index contributed by atoms with van der Waals surface area (Å²) in [6.07, 6.45) is 0. The van der Waals surface area contributed by atoms with Crippen molar-refractivity contribution in [2.75, 3.05) is 14.2 Å². The number of para-hydroxylation sites is 1. The summed E-state index contributed by atoms with van der Waals surface area (Å²) in [5.74, 6) is 2.35. The highest BCUT2D eigenvalue weighted by atomic mass is 35.5. The topological polar surface area (TPSA) is 70.8 Å². The molecule has 0 fully saturated rings. The zero-order valence-electron chi connectivity index (χ0n) is 14.6. The first kappa shape index (κ1) is 17.1. The van der Waals surface area contributed by atoms with Crippen LogP contribution in [0.15, 0.2) is 54.6 Å². The predicted molar refractivity (Wildman–Crippen MR) is 101 cm³/mol. The number of fused-ring (bicyclic) bond motifs is 1. The molecule has 2 heterocycles. The van der Waals surface area contributed by atoms with Crippen LogP contribution >= 0.6 is 11.6 Å². The lowest BCUT2D eigenvalue weighted by molar-refractivity contribution is 0.340. The summed E-state index contributed by atoms with van der Waals surface area (Å²) < 4.78 is 18.3. The van der Waals surface area contributed by atoms with Gasteiger partial charge in [-0.2, -0.15) is 4.52 Å². The van der Waals surface area contributed by atoms with Crippen molar-refractivity contribution in [1.29, 1.82) is 0 Å². The van der Waals surface area contributed by atoms with E-state index in [0.29, 0.717) is 39.6 Å². The molecule has 0 amide bonds. The largest absolute Gasteiger partial charge is 0.493 e. The van der Waals surface area contributed by atoms with Gasteiger partial charge in [-0.15, -0.1) is 15.3 Å². The van der Waals surface area contributed by atoms with Crippen molar-refractivity contribution in [3.8, 4) is 34.5 Å². The number of benzene rings is 2. The van der Waals surface area contributed by atoms with E-state index < -0.39 is 0 Å². The molecular formula is C19H15ClN4O3. The first-order valence-electron chi connectivity index (χ1n) is 8.07. The highest BCUT2D eigenvalue weighted by molar-refractivity contribution is 6.33. The van der Waals surface area contributed by atoms with Gasteiger partial charge in [0.1, 0.15) is 0 Å². The van der Waals surface area contributed by atoms with Crippen LogP contribution in [0.3, 0.4) is 0 Å². The molecule has 7 nitrogen and oxygen atoms in total. The van der Waals surface area contributed by atoms with Crippen LogP contribution < -0.4 is 14.2 Å². The Morgan fingerprint density at radius 3 is 2.30 bits per heavy atom. The summed E-state index contributed by atoms with van der Waals surface area (Å²) in [6, 6.07) is 16.2. The number of nitrogens with zero attached hydrogens (tertiary/aromatic N) is 4. The fraction of sp³-hybridized carbons (Fsp3) is 0.105. The molecule has 0 unspecified atom stereocenters. The standard InChI is InChI=1S/C19H15ClN4O3/c1-25-14-8-5-9-15(26-2)18(14)27-17-11-10-16-21-22-19(24(16)23-17)12-6-3-4-7-13(12)20/h3-11H,1-2H3. The van der Waals surface area contributed by atoms with Crippen molar-refractivity contribution in [2.24, 2.45) is 0 Å². The average Bonchev–Trinajstić information content (AvgIpc) is 3.11. The van der Waals surface area contributed by atoms with Gasteiger partial charge in [0.25, 0.3) is 0 Å². The summed E-state index contributed by atoms with van der Waals surface area (Å²) >= 11 is 6.29. The number of rotatable bonds is 5. The van der Waals surface area contributed by atoms with Gasteiger partial charge in [-0.25, -0.2) is 0 Å². The van der Waals surface area contributed by atoms with Crippen LogP contribution in [-0.2, 0) is 0 Å². The minimum atomic E-state index is 0.332. The van der Waals surface area contributed by atoms with Crippen LogP contribution in [-0.4, -0.2) is 34.0 Å².